The van der Waals surface area contributed by atoms with Gasteiger partial charge < -0.3 is 5.11 Å². The number of benzene rings is 1. The van der Waals surface area contributed by atoms with Gasteiger partial charge in [0, 0.05) is 15.9 Å². The Labute approximate surface area is 89.0 Å². The summed E-state index contributed by atoms with van der Waals surface area (Å²) in [5.41, 5.74) is 0.821. The molecule has 0 bridgehead atoms. The SMILES string of the molecule is C=C(CCl)c1cc(Br)cc(F)c1O. The summed E-state index contributed by atoms with van der Waals surface area (Å²) in [7, 11) is 0. The molecule has 0 aliphatic heterocycles. The van der Waals surface area contributed by atoms with E-state index >= 15 is 0 Å². The fourth-order valence-electron chi connectivity index (χ4n) is 0.907. The molecule has 1 N–H and O–H groups in total. The number of halogens is 3. The van der Waals surface area contributed by atoms with E-state index in [-0.39, 0.29) is 5.88 Å². The third kappa shape index (κ3) is 2.23. The second-order valence-electron chi connectivity index (χ2n) is 2.52. The Bertz CT molecular complexity index is 352. The first-order valence-corrected chi connectivity index (χ1v) is 4.81. The van der Waals surface area contributed by atoms with E-state index in [4.69, 9.17) is 11.6 Å². The summed E-state index contributed by atoms with van der Waals surface area (Å²) in [6.45, 7) is 3.61. The van der Waals surface area contributed by atoms with Gasteiger partial charge in [0.05, 0.1) is 0 Å². The highest BCUT2D eigenvalue weighted by Gasteiger charge is 2.10. The Balaban J connectivity index is 3.28. The molecule has 0 aromatic heterocycles. The van der Waals surface area contributed by atoms with Crippen LogP contribution >= 0.6 is 27.5 Å². The molecular weight excluding hydrogens is 258 g/mol. The molecule has 0 heterocycles. The van der Waals surface area contributed by atoms with Crippen LogP contribution in [0.3, 0.4) is 0 Å². The third-order valence-electron chi connectivity index (χ3n) is 1.57. The van der Waals surface area contributed by atoms with Crippen LogP contribution in [0.4, 0.5) is 4.39 Å². The lowest BCUT2D eigenvalue weighted by Gasteiger charge is -2.06. The van der Waals surface area contributed by atoms with Crippen molar-refractivity contribution in [1.82, 2.24) is 0 Å². The predicted molar refractivity (Wildman–Crippen MR) is 55.5 cm³/mol. The van der Waals surface area contributed by atoms with Gasteiger partial charge in [-0.25, -0.2) is 4.39 Å². The molecule has 0 saturated heterocycles. The first-order valence-electron chi connectivity index (χ1n) is 3.48. The summed E-state index contributed by atoms with van der Waals surface area (Å²) in [5.74, 6) is -0.937. The highest BCUT2D eigenvalue weighted by atomic mass is 79.9. The van der Waals surface area contributed by atoms with Crippen molar-refractivity contribution >= 4 is 33.1 Å². The molecule has 0 fully saturated rings. The Morgan fingerprint density at radius 2 is 2.23 bits per heavy atom. The van der Waals surface area contributed by atoms with Crippen LogP contribution in [0, 0.1) is 5.82 Å². The van der Waals surface area contributed by atoms with Crippen LogP contribution in [0.2, 0.25) is 0 Å². The van der Waals surface area contributed by atoms with Crippen molar-refractivity contribution in [2.75, 3.05) is 5.88 Å². The van der Waals surface area contributed by atoms with Gasteiger partial charge >= 0.3 is 0 Å². The van der Waals surface area contributed by atoms with E-state index in [9.17, 15) is 9.50 Å². The van der Waals surface area contributed by atoms with Crippen molar-refractivity contribution in [1.29, 1.82) is 0 Å². The number of allylic oxidation sites excluding steroid dienone is 1. The highest BCUT2D eigenvalue weighted by Crippen LogP contribution is 2.30. The molecule has 0 spiro atoms. The summed E-state index contributed by atoms with van der Waals surface area (Å²) in [5, 5.41) is 9.31. The third-order valence-corrected chi connectivity index (χ3v) is 2.35. The molecule has 0 radical (unpaired) electrons. The summed E-state index contributed by atoms with van der Waals surface area (Å²) in [4.78, 5) is 0. The van der Waals surface area contributed by atoms with Crippen LogP contribution < -0.4 is 0 Å². The first kappa shape index (κ1) is 10.5. The van der Waals surface area contributed by atoms with Gasteiger partial charge in [0.25, 0.3) is 0 Å². The summed E-state index contributed by atoms with van der Waals surface area (Å²) in [6.07, 6.45) is 0. The van der Waals surface area contributed by atoms with E-state index in [1.54, 1.807) is 6.07 Å². The second-order valence-corrected chi connectivity index (χ2v) is 3.70. The molecule has 13 heavy (non-hydrogen) atoms. The van der Waals surface area contributed by atoms with E-state index in [0.717, 1.165) is 0 Å². The molecule has 0 unspecified atom stereocenters. The summed E-state index contributed by atoms with van der Waals surface area (Å²) < 4.78 is 13.5. The second kappa shape index (κ2) is 4.11. The number of hydrogen-bond acceptors (Lipinski definition) is 1. The van der Waals surface area contributed by atoms with Crippen LogP contribution in [0.15, 0.2) is 23.2 Å². The van der Waals surface area contributed by atoms with Crippen LogP contribution in [0.1, 0.15) is 5.56 Å². The topological polar surface area (TPSA) is 20.2 Å². The van der Waals surface area contributed by atoms with Crippen molar-refractivity contribution in [2.24, 2.45) is 0 Å². The maximum atomic E-state index is 13.0. The first-order chi connectivity index (χ1) is 6.06. The van der Waals surface area contributed by atoms with Gasteiger partial charge in [0.1, 0.15) is 0 Å². The average Bonchev–Trinajstić information content (AvgIpc) is 2.10. The minimum atomic E-state index is -0.685. The van der Waals surface area contributed by atoms with E-state index in [0.29, 0.717) is 15.6 Å². The largest absolute Gasteiger partial charge is 0.504 e. The van der Waals surface area contributed by atoms with Crippen molar-refractivity contribution in [2.45, 2.75) is 0 Å². The maximum Gasteiger partial charge on any atom is 0.166 e. The molecular formula is C9H7BrClFO. The Hall–Kier alpha value is -0.540. The fraction of sp³-hybridized carbons (Fsp3) is 0.111. The molecule has 1 aromatic carbocycles. The zero-order valence-electron chi connectivity index (χ0n) is 6.65. The van der Waals surface area contributed by atoms with Gasteiger partial charge in [-0.3, -0.25) is 0 Å². The molecule has 0 aliphatic carbocycles. The standard InChI is InChI=1S/C9H7BrClFO/c1-5(4-11)7-2-6(10)3-8(12)9(7)13/h2-3,13H,1,4H2. The molecule has 70 valence electrons. The van der Waals surface area contributed by atoms with Crippen molar-refractivity contribution in [3.63, 3.8) is 0 Å². The van der Waals surface area contributed by atoms with E-state index in [1.165, 1.54) is 6.07 Å². The average molecular weight is 266 g/mol. The number of rotatable bonds is 2. The zero-order chi connectivity index (χ0) is 10.0. The molecule has 0 atom stereocenters. The van der Waals surface area contributed by atoms with Gasteiger partial charge in [-0.05, 0) is 17.7 Å². The van der Waals surface area contributed by atoms with Crippen LogP contribution in [-0.4, -0.2) is 11.0 Å². The minimum Gasteiger partial charge on any atom is -0.504 e. The van der Waals surface area contributed by atoms with Gasteiger partial charge in [-0.15, -0.1) is 11.6 Å². The Kier molecular flexibility index (Phi) is 3.33. The number of aromatic hydroxyl groups is 1. The quantitative estimate of drug-likeness (QED) is 0.811. The monoisotopic (exact) mass is 264 g/mol. The van der Waals surface area contributed by atoms with Crippen molar-refractivity contribution in [3.05, 3.63) is 34.6 Å². The maximum absolute atomic E-state index is 13.0. The molecule has 0 amide bonds. The van der Waals surface area contributed by atoms with Crippen LogP contribution in [0.5, 0.6) is 5.75 Å². The lowest BCUT2D eigenvalue weighted by molar-refractivity contribution is 0.430. The molecule has 1 nitrogen and oxygen atoms in total. The van der Waals surface area contributed by atoms with Crippen LogP contribution in [-0.2, 0) is 0 Å². The predicted octanol–water partition coefficient (Wildman–Crippen LogP) is 3.55. The Morgan fingerprint density at radius 3 is 2.77 bits per heavy atom. The molecule has 0 saturated carbocycles. The smallest absolute Gasteiger partial charge is 0.166 e. The number of phenolic OH excluding ortho intramolecular Hbond substituents is 1. The fourth-order valence-corrected chi connectivity index (χ4v) is 1.48. The van der Waals surface area contributed by atoms with Gasteiger partial charge in [-0.1, -0.05) is 22.5 Å². The van der Waals surface area contributed by atoms with Crippen molar-refractivity contribution in [3.8, 4) is 5.75 Å². The highest BCUT2D eigenvalue weighted by molar-refractivity contribution is 9.10. The number of alkyl halides is 1. The van der Waals surface area contributed by atoms with Crippen LogP contribution in [0.25, 0.3) is 5.57 Å². The molecule has 1 rings (SSSR count). The van der Waals surface area contributed by atoms with E-state index in [1.807, 2.05) is 0 Å². The Morgan fingerprint density at radius 1 is 1.62 bits per heavy atom. The molecule has 4 heteroatoms. The van der Waals surface area contributed by atoms with Gasteiger partial charge in [0.2, 0.25) is 0 Å². The zero-order valence-corrected chi connectivity index (χ0v) is 8.99. The number of phenols is 1. The molecule has 1 aromatic rings. The van der Waals surface area contributed by atoms with Gasteiger partial charge in [-0.2, -0.15) is 0 Å². The normalized spacial score (nSPS) is 10.1. The summed E-state index contributed by atoms with van der Waals surface area (Å²) in [6, 6.07) is 2.75. The van der Waals surface area contributed by atoms with Crippen molar-refractivity contribution < 1.29 is 9.50 Å². The lowest BCUT2D eigenvalue weighted by atomic mass is 10.1. The lowest BCUT2D eigenvalue weighted by Crippen LogP contribution is -1.88. The molecule has 0 aliphatic rings. The number of hydrogen-bond donors (Lipinski definition) is 1. The minimum absolute atomic E-state index is 0.156. The summed E-state index contributed by atoms with van der Waals surface area (Å²) >= 11 is 8.62. The van der Waals surface area contributed by atoms with Gasteiger partial charge in [0.15, 0.2) is 11.6 Å². The van der Waals surface area contributed by atoms with E-state index < -0.39 is 11.6 Å². The van der Waals surface area contributed by atoms with E-state index in [2.05, 4.69) is 22.5 Å².